The van der Waals surface area contributed by atoms with Crippen molar-refractivity contribution in [2.24, 2.45) is 0 Å². The van der Waals surface area contributed by atoms with Crippen molar-refractivity contribution in [1.82, 2.24) is 30.1 Å². The number of benzene rings is 1. The monoisotopic (exact) mass is 330 g/mol. The third-order valence-electron chi connectivity index (χ3n) is 2.88. The number of hydrogen-bond acceptors (Lipinski definition) is 9. The average molecular weight is 330 g/mol. The zero-order valence-corrected chi connectivity index (χ0v) is 13.0. The molecule has 1 aromatic carbocycles. The summed E-state index contributed by atoms with van der Waals surface area (Å²) in [6.07, 6.45) is 0. The lowest BCUT2D eigenvalue weighted by molar-refractivity contribution is 0.415. The second-order valence-electron chi connectivity index (χ2n) is 4.45. The fraction of sp³-hybridized carbons (Fsp3) is 0.154. The number of aromatic nitrogens is 6. The van der Waals surface area contributed by atoms with E-state index in [1.165, 1.54) is 11.8 Å². The van der Waals surface area contributed by atoms with Gasteiger partial charge in [0.25, 0.3) is 0 Å². The molecule has 0 fully saturated rings. The number of anilines is 2. The minimum absolute atomic E-state index is 0.0991. The number of nitrogen functional groups attached to an aromatic ring is 2. The van der Waals surface area contributed by atoms with Crippen molar-refractivity contribution in [3.63, 3.8) is 0 Å². The van der Waals surface area contributed by atoms with Crippen LogP contribution in [0.4, 0.5) is 11.9 Å². The number of methoxy groups -OCH3 is 1. The Kier molecular flexibility index (Phi) is 4.24. The van der Waals surface area contributed by atoms with Gasteiger partial charge in [-0.05, 0) is 24.3 Å². The molecule has 0 aliphatic rings. The van der Waals surface area contributed by atoms with Crippen LogP contribution in [-0.2, 0) is 5.75 Å². The summed E-state index contributed by atoms with van der Waals surface area (Å²) in [5, 5.41) is 7.63. The number of ether oxygens (including phenoxy) is 1. The van der Waals surface area contributed by atoms with E-state index in [1.807, 2.05) is 24.3 Å². The lowest BCUT2D eigenvalue weighted by Crippen LogP contribution is -2.05. The van der Waals surface area contributed by atoms with Gasteiger partial charge in [-0.3, -0.25) is 5.10 Å². The Hall–Kier alpha value is -2.88. The number of nitrogens with two attached hydrogens (primary N) is 2. The largest absolute Gasteiger partial charge is 0.497 e. The van der Waals surface area contributed by atoms with Gasteiger partial charge in [-0.1, -0.05) is 11.8 Å². The molecule has 3 aromatic rings. The molecule has 0 aliphatic heterocycles. The van der Waals surface area contributed by atoms with Crippen molar-refractivity contribution in [2.45, 2.75) is 10.9 Å². The first-order valence-electron chi connectivity index (χ1n) is 6.59. The molecule has 0 saturated heterocycles. The Morgan fingerprint density at radius 1 is 1.04 bits per heavy atom. The van der Waals surface area contributed by atoms with Crippen molar-refractivity contribution in [1.29, 1.82) is 0 Å². The Labute approximate surface area is 135 Å². The van der Waals surface area contributed by atoms with E-state index in [1.54, 1.807) is 7.11 Å². The normalized spacial score (nSPS) is 10.7. The van der Waals surface area contributed by atoms with E-state index in [0.29, 0.717) is 22.6 Å². The lowest BCUT2D eigenvalue weighted by Gasteiger charge is -2.00. The summed E-state index contributed by atoms with van der Waals surface area (Å²) >= 11 is 1.37. The van der Waals surface area contributed by atoms with E-state index in [2.05, 4.69) is 30.1 Å². The number of aromatic amines is 1. The summed E-state index contributed by atoms with van der Waals surface area (Å²) in [5.41, 5.74) is 12.0. The van der Waals surface area contributed by atoms with Gasteiger partial charge in [0.15, 0.2) is 5.82 Å². The molecule has 2 heterocycles. The second kappa shape index (κ2) is 6.48. The van der Waals surface area contributed by atoms with E-state index in [9.17, 15) is 0 Å². The van der Waals surface area contributed by atoms with Crippen LogP contribution in [0.5, 0.6) is 5.75 Å². The zero-order chi connectivity index (χ0) is 16.2. The Bertz CT molecular complexity index is 784. The van der Waals surface area contributed by atoms with E-state index in [0.717, 1.165) is 11.3 Å². The second-order valence-corrected chi connectivity index (χ2v) is 5.39. The van der Waals surface area contributed by atoms with Gasteiger partial charge < -0.3 is 16.2 Å². The highest BCUT2D eigenvalue weighted by atomic mass is 32.2. The summed E-state index contributed by atoms with van der Waals surface area (Å²) in [6, 6.07) is 7.53. The summed E-state index contributed by atoms with van der Waals surface area (Å²) in [6.45, 7) is 0. The van der Waals surface area contributed by atoms with Crippen LogP contribution < -0.4 is 16.2 Å². The SMILES string of the molecule is COc1ccc(-c2nc(SCc3nc(N)nc(N)n3)n[nH]2)cc1. The van der Waals surface area contributed by atoms with Gasteiger partial charge >= 0.3 is 0 Å². The van der Waals surface area contributed by atoms with Crippen molar-refractivity contribution in [3.05, 3.63) is 30.1 Å². The van der Waals surface area contributed by atoms with E-state index >= 15 is 0 Å². The Morgan fingerprint density at radius 3 is 2.39 bits per heavy atom. The van der Waals surface area contributed by atoms with Crippen LogP contribution in [0.25, 0.3) is 11.4 Å². The van der Waals surface area contributed by atoms with Crippen molar-refractivity contribution in [3.8, 4) is 17.1 Å². The highest BCUT2D eigenvalue weighted by Gasteiger charge is 2.09. The summed E-state index contributed by atoms with van der Waals surface area (Å²) in [7, 11) is 1.62. The number of thioether (sulfide) groups is 1. The summed E-state index contributed by atoms with van der Waals surface area (Å²) in [5.74, 6) is 2.58. The average Bonchev–Trinajstić information content (AvgIpc) is 3.01. The minimum Gasteiger partial charge on any atom is -0.497 e. The maximum atomic E-state index is 5.53. The number of hydrogen-bond donors (Lipinski definition) is 3. The molecule has 0 bridgehead atoms. The van der Waals surface area contributed by atoms with Gasteiger partial charge in [0.1, 0.15) is 11.6 Å². The molecule has 23 heavy (non-hydrogen) atoms. The molecule has 0 aliphatic carbocycles. The highest BCUT2D eigenvalue weighted by molar-refractivity contribution is 7.98. The molecule has 5 N–H and O–H groups in total. The molecule has 9 nitrogen and oxygen atoms in total. The molecule has 0 radical (unpaired) electrons. The lowest BCUT2D eigenvalue weighted by atomic mass is 10.2. The van der Waals surface area contributed by atoms with Crippen molar-refractivity contribution in [2.75, 3.05) is 18.6 Å². The molecule has 118 valence electrons. The van der Waals surface area contributed by atoms with E-state index in [4.69, 9.17) is 16.2 Å². The third-order valence-corrected chi connectivity index (χ3v) is 3.72. The van der Waals surface area contributed by atoms with Crippen LogP contribution in [0.3, 0.4) is 0 Å². The van der Waals surface area contributed by atoms with E-state index in [-0.39, 0.29) is 11.9 Å². The fourth-order valence-electron chi connectivity index (χ4n) is 1.84. The zero-order valence-electron chi connectivity index (χ0n) is 12.2. The number of nitrogens with zero attached hydrogens (tertiary/aromatic N) is 5. The number of rotatable bonds is 5. The first-order chi connectivity index (χ1) is 11.1. The molecular formula is C13H14N8OS. The fourth-order valence-corrected chi connectivity index (χ4v) is 2.49. The maximum absolute atomic E-state index is 5.53. The Balaban J connectivity index is 1.69. The van der Waals surface area contributed by atoms with E-state index < -0.39 is 0 Å². The Morgan fingerprint density at radius 2 is 1.74 bits per heavy atom. The molecule has 0 spiro atoms. The number of H-pyrrole nitrogens is 1. The van der Waals surface area contributed by atoms with Crippen molar-refractivity contribution >= 4 is 23.7 Å². The maximum Gasteiger partial charge on any atom is 0.225 e. The van der Waals surface area contributed by atoms with Gasteiger partial charge in [-0.15, -0.1) is 5.10 Å². The van der Waals surface area contributed by atoms with Crippen LogP contribution in [0.1, 0.15) is 5.82 Å². The van der Waals surface area contributed by atoms with Crippen LogP contribution in [-0.4, -0.2) is 37.2 Å². The van der Waals surface area contributed by atoms with Crippen LogP contribution in [0.15, 0.2) is 29.4 Å². The predicted molar refractivity (Wildman–Crippen MR) is 86.6 cm³/mol. The molecular weight excluding hydrogens is 316 g/mol. The van der Waals surface area contributed by atoms with Gasteiger partial charge in [0.2, 0.25) is 17.1 Å². The quantitative estimate of drug-likeness (QED) is 0.586. The van der Waals surface area contributed by atoms with Crippen molar-refractivity contribution < 1.29 is 4.74 Å². The molecule has 0 atom stereocenters. The topological polar surface area (TPSA) is 142 Å². The van der Waals surface area contributed by atoms with Gasteiger partial charge in [-0.2, -0.15) is 15.0 Å². The summed E-state index contributed by atoms with van der Waals surface area (Å²) in [4.78, 5) is 16.2. The third kappa shape index (κ3) is 3.66. The van der Waals surface area contributed by atoms with Crippen LogP contribution >= 0.6 is 11.8 Å². The predicted octanol–water partition coefficient (Wildman–Crippen LogP) is 1.12. The molecule has 10 heteroatoms. The molecule has 3 rings (SSSR count). The van der Waals surface area contributed by atoms with Crippen LogP contribution in [0, 0.1) is 0 Å². The summed E-state index contributed by atoms with van der Waals surface area (Å²) < 4.78 is 5.13. The standard InChI is InChI=1S/C13H14N8OS/c1-22-8-4-2-7(3-5-8)10-18-13(21-20-10)23-6-9-16-11(14)19-12(15)17-9/h2-5H,6H2,1H3,(H,18,20,21)(H4,14,15,16,17,19). The smallest absolute Gasteiger partial charge is 0.225 e. The highest BCUT2D eigenvalue weighted by Crippen LogP contribution is 2.23. The minimum atomic E-state index is 0.0991. The first-order valence-corrected chi connectivity index (χ1v) is 7.58. The van der Waals surface area contributed by atoms with Gasteiger partial charge in [-0.25, -0.2) is 4.98 Å². The molecule has 0 amide bonds. The molecule has 0 saturated carbocycles. The van der Waals surface area contributed by atoms with Gasteiger partial charge in [0, 0.05) is 5.56 Å². The molecule has 2 aromatic heterocycles. The molecule has 0 unspecified atom stereocenters. The number of nitrogens with one attached hydrogen (secondary N) is 1. The van der Waals surface area contributed by atoms with Gasteiger partial charge in [0.05, 0.1) is 12.9 Å². The first kappa shape index (κ1) is 15.0. The van der Waals surface area contributed by atoms with Crippen LogP contribution in [0.2, 0.25) is 0 Å².